The number of hydrogen-bond donors (Lipinski definition) is 1. The van der Waals surface area contributed by atoms with Gasteiger partial charge in [-0.15, -0.1) is 0 Å². The quantitative estimate of drug-likeness (QED) is 0.602. The van der Waals surface area contributed by atoms with Crippen LogP contribution in [-0.4, -0.2) is 37.5 Å². The van der Waals surface area contributed by atoms with Gasteiger partial charge in [0.25, 0.3) is 0 Å². The first-order chi connectivity index (χ1) is 13.8. The summed E-state index contributed by atoms with van der Waals surface area (Å²) < 4.78 is 2.35. The molecule has 1 aliphatic rings. The Balaban J connectivity index is 1.40. The van der Waals surface area contributed by atoms with E-state index in [9.17, 15) is 0 Å². The highest BCUT2D eigenvalue weighted by Gasteiger charge is 2.18. The van der Waals surface area contributed by atoms with Crippen LogP contribution in [0.15, 0.2) is 55.0 Å². The summed E-state index contributed by atoms with van der Waals surface area (Å²) in [6, 6.07) is 16.3. The number of H-pyrrole nitrogens is 1. The van der Waals surface area contributed by atoms with Gasteiger partial charge in [0.05, 0.1) is 29.0 Å². The molecule has 0 saturated heterocycles. The molecule has 0 amide bonds. The zero-order valence-corrected chi connectivity index (χ0v) is 15.5. The van der Waals surface area contributed by atoms with E-state index in [0.717, 1.165) is 60.8 Å². The second-order valence-corrected chi connectivity index (χ2v) is 7.18. The van der Waals surface area contributed by atoms with Crippen molar-refractivity contribution >= 4 is 11.0 Å². The normalized spacial score (nSPS) is 14.5. The average Bonchev–Trinajstić information content (AvgIpc) is 3.32. The van der Waals surface area contributed by atoms with Gasteiger partial charge in [-0.1, -0.05) is 18.2 Å². The lowest BCUT2D eigenvalue weighted by Crippen LogP contribution is -2.26. The van der Waals surface area contributed by atoms with Crippen molar-refractivity contribution in [3.63, 3.8) is 0 Å². The lowest BCUT2D eigenvalue weighted by atomic mass is 10.0. The standard InChI is InChI=1S/C22H20N6/c23-12-16-1-3-17(4-2-16)18-5-6-21-20(11-18)26-22-7-8-27(9-10-28(21)22)14-19-13-24-15-25-19/h1-6,11,13,15H,7-10,14H2,(H,24,25). The fourth-order valence-corrected chi connectivity index (χ4v) is 3.92. The maximum atomic E-state index is 8.98. The van der Waals surface area contributed by atoms with Gasteiger partial charge in [0.15, 0.2) is 0 Å². The second-order valence-electron chi connectivity index (χ2n) is 7.18. The van der Waals surface area contributed by atoms with Crippen molar-refractivity contribution in [1.82, 2.24) is 24.4 Å². The van der Waals surface area contributed by atoms with Crippen LogP contribution >= 0.6 is 0 Å². The molecule has 4 aromatic rings. The van der Waals surface area contributed by atoms with E-state index < -0.39 is 0 Å². The van der Waals surface area contributed by atoms with E-state index in [1.807, 2.05) is 30.5 Å². The number of aromatic amines is 1. The first-order valence-corrected chi connectivity index (χ1v) is 9.49. The van der Waals surface area contributed by atoms with Crippen LogP contribution in [0.25, 0.3) is 22.2 Å². The molecular weight excluding hydrogens is 348 g/mol. The van der Waals surface area contributed by atoms with Gasteiger partial charge in [0.1, 0.15) is 5.82 Å². The number of fused-ring (bicyclic) bond motifs is 3. The van der Waals surface area contributed by atoms with Crippen molar-refractivity contribution in [3.8, 4) is 17.2 Å². The van der Waals surface area contributed by atoms with Gasteiger partial charge in [-0.2, -0.15) is 5.26 Å². The largest absolute Gasteiger partial charge is 0.347 e. The maximum absolute atomic E-state index is 8.98. The summed E-state index contributed by atoms with van der Waals surface area (Å²) in [4.78, 5) is 14.7. The molecule has 0 saturated carbocycles. The van der Waals surface area contributed by atoms with Crippen molar-refractivity contribution in [3.05, 3.63) is 72.1 Å². The molecule has 0 bridgehead atoms. The zero-order valence-electron chi connectivity index (χ0n) is 15.5. The summed E-state index contributed by atoms with van der Waals surface area (Å²) in [5.41, 5.74) is 6.30. The van der Waals surface area contributed by atoms with Gasteiger partial charge in [-0.3, -0.25) is 4.90 Å². The second kappa shape index (κ2) is 6.95. The lowest BCUT2D eigenvalue weighted by Gasteiger charge is -2.18. The molecule has 0 aliphatic carbocycles. The molecule has 28 heavy (non-hydrogen) atoms. The van der Waals surface area contributed by atoms with Crippen LogP contribution in [0.4, 0.5) is 0 Å². The Bertz CT molecular complexity index is 1150. The number of benzene rings is 2. The topological polar surface area (TPSA) is 73.5 Å². The SMILES string of the molecule is N#Cc1ccc(-c2ccc3c(c2)nc2n3CCN(Cc3cnc[nH]3)CC2)cc1. The molecule has 1 N–H and O–H groups in total. The van der Waals surface area contributed by atoms with Crippen molar-refractivity contribution in [1.29, 1.82) is 5.26 Å². The van der Waals surface area contributed by atoms with E-state index in [2.05, 4.69) is 43.7 Å². The van der Waals surface area contributed by atoms with Crippen LogP contribution in [0.2, 0.25) is 0 Å². The molecule has 2 aromatic heterocycles. The molecular formula is C22H20N6. The zero-order chi connectivity index (χ0) is 18.9. The first-order valence-electron chi connectivity index (χ1n) is 9.49. The maximum Gasteiger partial charge on any atom is 0.111 e. The molecule has 0 fully saturated rings. The number of nitriles is 1. The predicted octanol–water partition coefficient (Wildman–Crippen LogP) is 3.36. The van der Waals surface area contributed by atoms with Crippen LogP contribution in [0.5, 0.6) is 0 Å². The Kier molecular flexibility index (Phi) is 4.15. The smallest absolute Gasteiger partial charge is 0.111 e. The van der Waals surface area contributed by atoms with E-state index in [-0.39, 0.29) is 0 Å². The Hall–Kier alpha value is -3.43. The lowest BCUT2D eigenvalue weighted by molar-refractivity contribution is 0.269. The third-order valence-corrected chi connectivity index (χ3v) is 5.41. The van der Waals surface area contributed by atoms with E-state index >= 15 is 0 Å². The number of aromatic nitrogens is 4. The van der Waals surface area contributed by atoms with Gasteiger partial charge in [-0.25, -0.2) is 9.97 Å². The summed E-state index contributed by atoms with van der Waals surface area (Å²) in [6.07, 6.45) is 4.57. The molecule has 1 aliphatic heterocycles. The fourth-order valence-electron chi connectivity index (χ4n) is 3.92. The third-order valence-electron chi connectivity index (χ3n) is 5.41. The van der Waals surface area contributed by atoms with Crippen molar-refractivity contribution < 1.29 is 0 Å². The minimum absolute atomic E-state index is 0.679. The van der Waals surface area contributed by atoms with Gasteiger partial charge >= 0.3 is 0 Å². The average molecular weight is 368 g/mol. The number of imidazole rings is 2. The van der Waals surface area contributed by atoms with Gasteiger partial charge in [0.2, 0.25) is 0 Å². The number of rotatable bonds is 3. The number of nitrogens with one attached hydrogen (secondary N) is 1. The molecule has 5 rings (SSSR count). The molecule has 3 heterocycles. The van der Waals surface area contributed by atoms with E-state index in [0.29, 0.717) is 5.56 Å². The van der Waals surface area contributed by atoms with Crippen molar-refractivity contribution in [2.24, 2.45) is 0 Å². The Morgan fingerprint density at radius 2 is 1.89 bits per heavy atom. The van der Waals surface area contributed by atoms with Crippen LogP contribution in [0, 0.1) is 11.3 Å². The van der Waals surface area contributed by atoms with Gasteiger partial charge in [-0.05, 0) is 35.4 Å². The highest BCUT2D eigenvalue weighted by Crippen LogP contribution is 2.26. The monoisotopic (exact) mass is 368 g/mol. The molecule has 0 atom stereocenters. The summed E-state index contributed by atoms with van der Waals surface area (Å²) in [5.74, 6) is 1.15. The van der Waals surface area contributed by atoms with Gasteiger partial charge < -0.3 is 9.55 Å². The van der Waals surface area contributed by atoms with E-state index in [4.69, 9.17) is 10.2 Å². The summed E-state index contributed by atoms with van der Waals surface area (Å²) in [6.45, 7) is 3.82. The summed E-state index contributed by atoms with van der Waals surface area (Å²) in [5, 5.41) is 8.98. The summed E-state index contributed by atoms with van der Waals surface area (Å²) in [7, 11) is 0. The first kappa shape index (κ1) is 16.7. The van der Waals surface area contributed by atoms with Gasteiger partial charge in [0, 0.05) is 44.5 Å². The van der Waals surface area contributed by atoms with E-state index in [1.54, 1.807) is 6.33 Å². The van der Waals surface area contributed by atoms with Crippen LogP contribution < -0.4 is 0 Å². The molecule has 6 nitrogen and oxygen atoms in total. The number of nitrogens with zero attached hydrogens (tertiary/aromatic N) is 5. The molecule has 2 aromatic carbocycles. The van der Waals surface area contributed by atoms with Crippen molar-refractivity contribution in [2.45, 2.75) is 19.5 Å². The minimum atomic E-state index is 0.679. The Morgan fingerprint density at radius 3 is 2.68 bits per heavy atom. The molecule has 138 valence electrons. The highest BCUT2D eigenvalue weighted by atomic mass is 15.2. The molecule has 0 radical (unpaired) electrons. The predicted molar refractivity (Wildman–Crippen MR) is 107 cm³/mol. The third kappa shape index (κ3) is 3.06. The molecule has 6 heteroatoms. The highest BCUT2D eigenvalue weighted by molar-refractivity contribution is 5.82. The number of hydrogen-bond acceptors (Lipinski definition) is 4. The van der Waals surface area contributed by atoms with E-state index in [1.165, 1.54) is 5.52 Å². The summed E-state index contributed by atoms with van der Waals surface area (Å²) >= 11 is 0. The Morgan fingerprint density at radius 1 is 1.04 bits per heavy atom. The van der Waals surface area contributed by atoms with Crippen LogP contribution in [0.3, 0.4) is 0 Å². The minimum Gasteiger partial charge on any atom is -0.347 e. The molecule has 0 spiro atoms. The van der Waals surface area contributed by atoms with Crippen LogP contribution in [0.1, 0.15) is 17.1 Å². The van der Waals surface area contributed by atoms with Crippen LogP contribution in [-0.2, 0) is 19.5 Å². The Labute approximate surface area is 163 Å². The molecule has 0 unspecified atom stereocenters. The fraction of sp³-hybridized carbons (Fsp3) is 0.227. The van der Waals surface area contributed by atoms with Crippen molar-refractivity contribution in [2.75, 3.05) is 13.1 Å².